The first-order chi connectivity index (χ1) is 9.24. The summed E-state index contributed by atoms with van der Waals surface area (Å²) in [5, 5.41) is 0. The van der Waals surface area contributed by atoms with Crippen LogP contribution in [0.15, 0.2) is 24.4 Å². The van der Waals surface area contributed by atoms with E-state index in [1.54, 1.807) is 0 Å². The van der Waals surface area contributed by atoms with Gasteiger partial charge >= 0.3 is 0 Å². The summed E-state index contributed by atoms with van der Waals surface area (Å²) in [4.78, 5) is 6.88. The Labute approximate surface area is 113 Å². The molecule has 3 nitrogen and oxygen atoms in total. The Morgan fingerprint density at radius 1 is 1.42 bits per heavy atom. The van der Waals surface area contributed by atoms with Gasteiger partial charge in [0.25, 0.3) is 0 Å². The van der Waals surface area contributed by atoms with Crippen molar-refractivity contribution in [1.29, 1.82) is 0 Å². The zero-order chi connectivity index (χ0) is 13.2. The van der Waals surface area contributed by atoms with E-state index in [9.17, 15) is 4.39 Å². The highest BCUT2D eigenvalue weighted by atomic mass is 19.1. The van der Waals surface area contributed by atoms with E-state index < -0.39 is 6.17 Å². The van der Waals surface area contributed by atoms with Gasteiger partial charge in [0, 0.05) is 25.0 Å². The fraction of sp³-hybridized carbons (Fsp3) is 0.533. The first-order valence-electron chi connectivity index (χ1n) is 7.03. The van der Waals surface area contributed by atoms with E-state index in [-0.39, 0.29) is 0 Å². The van der Waals surface area contributed by atoms with Gasteiger partial charge < -0.3 is 9.30 Å². The molecule has 19 heavy (non-hydrogen) atoms. The summed E-state index contributed by atoms with van der Waals surface area (Å²) in [5.41, 5.74) is 3.41. The van der Waals surface area contributed by atoms with E-state index >= 15 is 0 Å². The van der Waals surface area contributed by atoms with Crippen LogP contribution in [0.4, 0.5) is 4.39 Å². The average molecular weight is 261 g/mol. The maximum Gasteiger partial charge on any atom is 0.137 e. The molecule has 1 aliphatic heterocycles. The molecular formula is C15H20FN3. The molecule has 0 spiro atoms. The molecule has 3 rings (SSSR count). The Morgan fingerprint density at radius 3 is 3.05 bits per heavy atom. The van der Waals surface area contributed by atoms with Gasteiger partial charge in [-0.15, -0.1) is 0 Å². The minimum Gasteiger partial charge on any atom is -0.304 e. The van der Waals surface area contributed by atoms with Gasteiger partial charge in [-0.05, 0) is 44.9 Å². The van der Waals surface area contributed by atoms with Crippen molar-refractivity contribution in [2.75, 3.05) is 19.6 Å². The number of fused-ring (bicyclic) bond motifs is 1. The second kappa shape index (κ2) is 5.29. The van der Waals surface area contributed by atoms with Gasteiger partial charge in [-0.25, -0.2) is 9.37 Å². The van der Waals surface area contributed by atoms with E-state index in [1.807, 2.05) is 18.2 Å². The summed E-state index contributed by atoms with van der Waals surface area (Å²) in [6.45, 7) is 4.62. The van der Waals surface area contributed by atoms with Crippen LogP contribution in [0.5, 0.6) is 0 Å². The lowest BCUT2D eigenvalue weighted by atomic mass is 10.2. The van der Waals surface area contributed by atoms with Crippen LogP contribution >= 0.6 is 0 Å². The first kappa shape index (κ1) is 12.6. The number of likely N-dealkylation sites (tertiary alicyclic amines) is 1. The third kappa shape index (κ3) is 2.63. The van der Waals surface area contributed by atoms with Crippen LogP contribution in [0, 0.1) is 6.92 Å². The number of halogens is 1. The van der Waals surface area contributed by atoms with E-state index in [2.05, 4.69) is 27.4 Å². The second-order valence-corrected chi connectivity index (χ2v) is 5.36. The molecule has 1 fully saturated rings. The number of pyridine rings is 1. The molecular weight excluding hydrogens is 241 g/mol. The Bertz CT molecular complexity index is 564. The maximum atomic E-state index is 13.1. The lowest BCUT2D eigenvalue weighted by Gasteiger charge is -2.13. The Hall–Kier alpha value is -1.42. The lowest BCUT2D eigenvalue weighted by Crippen LogP contribution is -2.22. The number of rotatable bonds is 4. The van der Waals surface area contributed by atoms with Gasteiger partial charge in [0.1, 0.15) is 11.8 Å². The molecule has 1 saturated heterocycles. The zero-order valence-electron chi connectivity index (χ0n) is 11.3. The van der Waals surface area contributed by atoms with Crippen molar-refractivity contribution in [3.8, 4) is 0 Å². The van der Waals surface area contributed by atoms with E-state index in [0.29, 0.717) is 13.0 Å². The molecule has 0 aromatic carbocycles. The quantitative estimate of drug-likeness (QED) is 0.843. The summed E-state index contributed by atoms with van der Waals surface area (Å²) in [6, 6.07) is 6.07. The molecule has 4 heteroatoms. The van der Waals surface area contributed by atoms with Crippen molar-refractivity contribution in [3.05, 3.63) is 35.8 Å². The Morgan fingerprint density at radius 2 is 2.32 bits per heavy atom. The van der Waals surface area contributed by atoms with Gasteiger partial charge in [-0.2, -0.15) is 0 Å². The largest absolute Gasteiger partial charge is 0.304 e. The summed E-state index contributed by atoms with van der Waals surface area (Å²) in [5.74, 6) is 0. The normalized spacial score (nSPS) is 20.4. The van der Waals surface area contributed by atoms with Crippen molar-refractivity contribution < 1.29 is 4.39 Å². The van der Waals surface area contributed by atoms with Crippen LogP contribution in [0.2, 0.25) is 0 Å². The number of aromatic nitrogens is 2. The highest BCUT2D eigenvalue weighted by Gasteiger charge is 2.21. The molecule has 0 bridgehead atoms. The van der Waals surface area contributed by atoms with Crippen LogP contribution in [0.25, 0.3) is 5.65 Å². The molecule has 0 amide bonds. The highest BCUT2D eigenvalue weighted by Crippen LogP contribution is 2.15. The third-order valence-electron chi connectivity index (χ3n) is 3.97. The van der Waals surface area contributed by atoms with Crippen LogP contribution in [0.1, 0.15) is 24.2 Å². The monoisotopic (exact) mass is 261 g/mol. The molecule has 2 aromatic heterocycles. The number of hydrogen-bond acceptors (Lipinski definition) is 2. The van der Waals surface area contributed by atoms with Crippen molar-refractivity contribution in [1.82, 2.24) is 14.3 Å². The van der Waals surface area contributed by atoms with Crippen molar-refractivity contribution in [2.45, 2.75) is 32.4 Å². The summed E-state index contributed by atoms with van der Waals surface area (Å²) < 4.78 is 15.2. The SMILES string of the molecule is Cc1c(CCCN2CC[C@H](F)C2)nc2ccccn12. The average Bonchev–Trinajstić information content (AvgIpc) is 2.96. The van der Waals surface area contributed by atoms with Gasteiger partial charge in [-0.3, -0.25) is 0 Å². The molecule has 3 heterocycles. The van der Waals surface area contributed by atoms with Gasteiger partial charge in [0.05, 0.1) is 5.69 Å². The molecule has 0 N–H and O–H groups in total. The van der Waals surface area contributed by atoms with Gasteiger partial charge in [-0.1, -0.05) is 6.07 Å². The number of aryl methyl sites for hydroxylation is 2. The second-order valence-electron chi connectivity index (χ2n) is 5.36. The summed E-state index contributed by atoms with van der Waals surface area (Å²) >= 11 is 0. The van der Waals surface area contributed by atoms with Crippen molar-refractivity contribution in [3.63, 3.8) is 0 Å². The Balaban J connectivity index is 1.61. The molecule has 2 aromatic rings. The molecule has 102 valence electrons. The van der Waals surface area contributed by atoms with Crippen LogP contribution in [0.3, 0.4) is 0 Å². The molecule has 1 aliphatic rings. The minimum atomic E-state index is -0.614. The van der Waals surface area contributed by atoms with Crippen LogP contribution < -0.4 is 0 Å². The predicted octanol–water partition coefficient (Wildman–Crippen LogP) is 2.62. The fourth-order valence-electron chi connectivity index (χ4n) is 2.86. The van der Waals surface area contributed by atoms with Gasteiger partial charge in [0.15, 0.2) is 0 Å². The fourth-order valence-corrected chi connectivity index (χ4v) is 2.86. The standard InChI is InChI=1S/C15H20FN3/c1-12-14(17-15-6-2-3-9-19(12)15)5-4-8-18-10-7-13(16)11-18/h2-3,6,9,13H,4-5,7-8,10-11H2,1H3/t13-/m0/s1. The maximum absolute atomic E-state index is 13.1. The summed E-state index contributed by atoms with van der Waals surface area (Å²) in [6.07, 6.45) is 4.16. The topological polar surface area (TPSA) is 20.5 Å². The highest BCUT2D eigenvalue weighted by molar-refractivity contribution is 5.42. The molecule has 0 unspecified atom stereocenters. The number of alkyl halides is 1. The van der Waals surface area contributed by atoms with Crippen LogP contribution in [-0.2, 0) is 6.42 Å². The summed E-state index contributed by atoms with van der Waals surface area (Å²) in [7, 11) is 0. The van der Waals surface area contributed by atoms with E-state index in [4.69, 9.17) is 0 Å². The van der Waals surface area contributed by atoms with E-state index in [1.165, 1.54) is 11.4 Å². The number of hydrogen-bond donors (Lipinski definition) is 0. The van der Waals surface area contributed by atoms with Crippen molar-refractivity contribution >= 4 is 5.65 Å². The smallest absolute Gasteiger partial charge is 0.137 e. The number of nitrogens with zero attached hydrogens (tertiary/aromatic N) is 3. The minimum absolute atomic E-state index is 0.614. The third-order valence-corrected chi connectivity index (χ3v) is 3.97. The molecule has 1 atom stereocenters. The lowest BCUT2D eigenvalue weighted by molar-refractivity contribution is 0.285. The van der Waals surface area contributed by atoms with Crippen molar-refractivity contribution in [2.24, 2.45) is 0 Å². The Kier molecular flexibility index (Phi) is 3.51. The zero-order valence-corrected chi connectivity index (χ0v) is 11.3. The van der Waals surface area contributed by atoms with E-state index in [0.717, 1.165) is 31.6 Å². The van der Waals surface area contributed by atoms with Crippen LogP contribution in [-0.4, -0.2) is 40.1 Å². The molecule has 0 radical (unpaired) electrons. The number of imidazole rings is 1. The predicted molar refractivity (Wildman–Crippen MR) is 74.2 cm³/mol. The first-order valence-corrected chi connectivity index (χ1v) is 7.03. The van der Waals surface area contributed by atoms with Gasteiger partial charge in [0.2, 0.25) is 0 Å². The molecule has 0 aliphatic carbocycles. The molecule has 0 saturated carbocycles.